The van der Waals surface area contributed by atoms with Gasteiger partial charge in [-0.1, -0.05) is 11.3 Å². The van der Waals surface area contributed by atoms with Gasteiger partial charge in [0, 0.05) is 12.1 Å². The summed E-state index contributed by atoms with van der Waals surface area (Å²) in [4.78, 5) is 26.4. The Morgan fingerprint density at radius 3 is 2.64 bits per heavy atom. The Kier molecular flexibility index (Phi) is 5.96. The van der Waals surface area contributed by atoms with Crippen molar-refractivity contribution in [3.05, 3.63) is 52.6 Å². The van der Waals surface area contributed by atoms with E-state index in [2.05, 4.69) is 15.6 Å². The molecular weight excluding hydrogens is 404 g/mol. The van der Waals surface area contributed by atoms with Gasteiger partial charge in [0.05, 0.1) is 22.2 Å². The van der Waals surface area contributed by atoms with Crippen molar-refractivity contribution in [1.82, 2.24) is 10.3 Å². The van der Waals surface area contributed by atoms with Crippen molar-refractivity contribution in [3.63, 3.8) is 0 Å². The topological polar surface area (TPSA) is 116 Å². The summed E-state index contributed by atoms with van der Waals surface area (Å²) in [6.45, 7) is -0.295. The molecule has 0 radical (unpaired) electrons. The lowest BCUT2D eigenvalue weighted by molar-refractivity contribution is -0.384. The number of nitrogens with one attached hydrogen (secondary N) is 2. The third kappa shape index (κ3) is 4.90. The summed E-state index contributed by atoms with van der Waals surface area (Å²) in [6, 6.07) is 10.9. The molecule has 1 aromatic heterocycles. The maximum absolute atomic E-state index is 11.9. The van der Waals surface area contributed by atoms with Gasteiger partial charge in [-0.25, -0.2) is 4.98 Å². The van der Waals surface area contributed by atoms with E-state index in [0.29, 0.717) is 10.9 Å². The fraction of sp³-hybridized carbons (Fsp3) is 0.118. The second kappa shape index (κ2) is 8.59. The molecule has 11 heteroatoms. The Bertz CT molecular complexity index is 1040. The fourth-order valence-electron chi connectivity index (χ4n) is 2.19. The molecule has 0 spiro atoms. The smallest absolute Gasteiger partial charge is 0.269 e. The van der Waals surface area contributed by atoms with Gasteiger partial charge in [-0.2, -0.15) is 0 Å². The highest BCUT2D eigenvalue weighted by Gasteiger charge is 2.10. The molecule has 2 N–H and O–H groups in total. The molecule has 144 valence electrons. The van der Waals surface area contributed by atoms with Crippen LogP contribution in [0.3, 0.4) is 0 Å². The number of thiazole rings is 1. The second-order valence-electron chi connectivity index (χ2n) is 5.39. The van der Waals surface area contributed by atoms with Crippen LogP contribution in [0.2, 0.25) is 0 Å². The lowest BCUT2D eigenvalue weighted by atomic mass is 10.3. The van der Waals surface area contributed by atoms with Crippen molar-refractivity contribution in [2.24, 2.45) is 0 Å². The number of nitro benzene ring substituents is 1. The molecule has 3 rings (SSSR count). The number of hydrogen-bond donors (Lipinski definition) is 2. The highest BCUT2D eigenvalue weighted by atomic mass is 32.1. The van der Waals surface area contributed by atoms with Crippen LogP contribution in [0.5, 0.6) is 11.5 Å². The number of hydrogen-bond acceptors (Lipinski definition) is 8. The van der Waals surface area contributed by atoms with Crippen molar-refractivity contribution in [2.45, 2.75) is 0 Å². The molecule has 1 heterocycles. The van der Waals surface area contributed by atoms with E-state index in [1.54, 1.807) is 7.11 Å². The van der Waals surface area contributed by atoms with Gasteiger partial charge in [-0.3, -0.25) is 20.2 Å². The number of aromatic nitrogens is 1. The molecule has 0 unspecified atom stereocenters. The van der Waals surface area contributed by atoms with E-state index < -0.39 is 10.8 Å². The minimum atomic E-state index is -0.515. The minimum Gasteiger partial charge on any atom is -0.497 e. The van der Waals surface area contributed by atoms with E-state index in [1.807, 2.05) is 18.2 Å². The Hall–Kier alpha value is -3.31. The van der Waals surface area contributed by atoms with Gasteiger partial charge >= 0.3 is 0 Å². The molecule has 2 aromatic carbocycles. The molecule has 0 aliphatic rings. The number of anilines is 1. The monoisotopic (exact) mass is 418 g/mol. The van der Waals surface area contributed by atoms with E-state index in [1.165, 1.54) is 35.6 Å². The summed E-state index contributed by atoms with van der Waals surface area (Å²) in [6.07, 6.45) is 0. The first-order valence-electron chi connectivity index (χ1n) is 7.87. The maximum atomic E-state index is 11.9. The van der Waals surface area contributed by atoms with Crippen molar-refractivity contribution in [2.75, 3.05) is 19.0 Å². The number of fused-ring (bicyclic) bond motifs is 1. The lowest BCUT2D eigenvalue weighted by Gasteiger charge is -2.08. The van der Waals surface area contributed by atoms with Crippen LogP contribution in [-0.4, -0.2) is 34.6 Å². The number of methoxy groups -OCH3 is 1. The van der Waals surface area contributed by atoms with Gasteiger partial charge in [0.15, 0.2) is 16.9 Å². The number of benzene rings is 2. The third-order valence-corrected chi connectivity index (χ3v) is 4.62. The molecule has 0 saturated heterocycles. The van der Waals surface area contributed by atoms with E-state index in [-0.39, 0.29) is 17.4 Å². The first kappa shape index (κ1) is 19.5. The van der Waals surface area contributed by atoms with Crippen LogP contribution in [0.4, 0.5) is 10.8 Å². The van der Waals surface area contributed by atoms with Gasteiger partial charge in [0.25, 0.3) is 11.6 Å². The number of thiocarbonyl (C=S) groups is 1. The van der Waals surface area contributed by atoms with Crippen molar-refractivity contribution in [3.8, 4) is 11.5 Å². The van der Waals surface area contributed by atoms with E-state index >= 15 is 0 Å². The zero-order valence-electron chi connectivity index (χ0n) is 14.5. The van der Waals surface area contributed by atoms with E-state index in [0.717, 1.165) is 16.0 Å². The third-order valence-electron chi connectivity index (χ3n) is 3.49. The Morgan fingerprint density at radius 2 is 1.96 bits per heavy atom. The lowest BCUT2D eigenvalue weighted by Crippen LogP contribution is -2.37. The number of carbonyl (C=O) groups is 1. The van der Waals surface area contributed by atoms with Crippen LogP contribution in [0.15, 0.2) is 42.5 Å². The molecule has 28 heavy (non-hydrogen) atoms. The Balaban J connectivity index is 1.51. The maximum Gasteiger partial charge on any atom is 0.269 e. The Labute approximate surface area is 168 Å². The predicted octanol–water partition coefficient (Wildman–Crippen LogP) is 3.11. The van der Waals surface area contributed by atoms with Crippen molar-refractivity contribution in [1.29, 1.82) is 0 Å². The van der Waals surface area contributed by atoms with E-state index in [4.69, 9.17) is 21.7 Å². The van der Waals surface area contributed by atoms with Gasteiger partial charge in [-0.15, -0.1) is 0 Å². The number of nitrogens with zero attached hydrogens (tertiary/aromatic N) is 2. The number of amides is 1. The van der Waals surface area contributed by atoms with Gasteiger partial charge in [0.2, 0.25) is 0 Å². The van der Waals surface area contributed by atoms with Gasteiger partial charge in [0.1, 0.15) is 11.5 Å². The molecule has 0 aliphatic heterocycles. The predicted molar refractivity (Wildman–Crippen MR) is 109 cm³/mol. The Morgan fingerprint density at radius 1 is 1.25 bits per heavy atom. The number of nitro groups is 1. The molecule has 0 atom stereocenters. The first-order valence-corrected chi connectivity index (χ1v) is 9.10. The molecule has 0 fully saturated rings. The summed E-state index contributed by atoms with van der Waals surface area (Å²) in [7, 11) is 1.59. The zero-order valence-corrected chi connectivity index (χ0v) is 16.1. The summed E-state index contributed by atoms with van der Waals surface area (Å²) in [5.74, 6) is 0.584. The summed E-state index contributed by atoms with van der Waals surface area (Å²) in [5, 5.41) is 16.6. The normalized spacial score (nSPS) is 10.3. The molecule has 0 bridgehead atoms. The fourth-order valence-corrected chi connectivity index (χ4v) is 3.36. The number of non-ortho nitro benzene ring substituents is 1. The van der Waals surface area contributed by atoms with Crippen LogP contribution in [-0.2, 0) is 4.79 Å². The van der Waals surface area contributed by atoms with Crippen LogP contribution in [0.1, 0.15) is 0 Å². The quantitative estimate of drug-likeness (QED) is 0.356. The second-order valence-corrected chi connectivity index (χ2v) is 6.83. The van der Waals surface area contributed by atoms with Crippen LogP contribution >= 0.6 is 23.6 Å². The molecule has 9 nitrogen and oxygen atoms in total. The molecular formula is C17H14N4O5S2. The molecule has 0 aliphatic carbocycles. The molecule has 1 amide bonds. The summed E-state index contributed by atoms with van der Waals surface area (Å²) < 4.78 is 11.4. The standard InChI is InChI=1S/C17H14N4O5S2/c1-25-12-6-7-13-14(8-12)28-17(18-13)20-16(27)19-15(22)9-26-11-4-2-10(3-5-11)21(23)24/h2-8H,9H2,1H3,(H2,18,19,20,22,27). The summed E-state index contributed by atoms with van der Waals surface area (Å²) in [5.41, 5.74) is 0.722. The molecule has 0 saturated carbocycles. The largest absolute Gasteiger partial charge is 0.497 e. The van der Waals surface area contributed by atoms with Crippen LogP contribution < -0.4 is 20.1 Å². The van der Waals surface area contributed by atoms with Gasteiger partial charge < -0.3 is 14.8 Å². The van der Waals surface area contributed by atoms with E-state index in [9.17, 15) is 14.9 Å². The van der Waals surface area contributed by atoms with Gasteiger partial charge in [-0.05, 0) is 42.5 Å². The number of ether oxygens (including phenoxy) is 2. The average molecular weight is 418 g/mol. The number of carbonyl (C=O) groups excluding carboxylic acids is 1. The average Bonchev–Trinajstić information content (AvgIpc) is 3.07. The zero-order chi connectivity index (χ0) is 20.1. The minimum absolute atomic E-state index is 0.0596. The van der Waals surface area contributed by atoms with Crippen LogP contribution in [0, 0.1) is 10.1 Å². The highest BCUT2D eigenvalue weighted by molar-refractivity contribution is 7.80. The molecule has 3 aromatic rings. The SMILES string of the molecule is COc1ccc2nc(NC(=S)NC(=O)COc3ccc([N+](=O)[O-])cc3)sc2c1. The van der Waals surface area contributed by atoms with Crippen LogP contribution in [0.25, 0.3) is 10.2 Å². The number of rotatable bonds is 6. The summed E-state index contributed by atoms with van der Waals surface area (Å²) >= 11 is 6.48. The van der Waals surface area contributed by atoms with Crippen molar-refractivity contribution >= 4 is 55.6 Å². The highest BCUT2D eigenvalue weighted by Crippen LogP contribution is 2.29. The first-order chi connectivity index (χ1) is 13.4. The van der Waals surface area contributed by atoms with Crippen molar-refractivity contribution < 1.29 is 19.2 Å².